The van der Waals surface area contributed by atoms with E-state index in [0.717, 1.165) is 0 Å². The van der Waals surface area contributed by atoms with Gasteiger partial charge in [0.25, 0.3) is 0 Å². The summed E-state index contributed by atoms with van der Waals surface area (Å²) in [6.45, 7) is 5.98. The molecule has 1 aliphatic heterocycles. The first-order chi connectivity index (χ1) is 8.26. The van der Waals surface area contributed by atoms with Gasteiger partial charge in [0, 0.05) is 13.2 Å². The number of hydrogen-bond donors (Lipinski definition) is 1. The SMILES string of the molecule is CC(C)(C)OC(=O)N1CCC[C@@](F)(CCCO)C1. The Kier molecular flexibility index (Phi) is 4.96. The van der Waals surface area contributed by atoms with Crippen LogP contribution in [-0.2, 0) is 4.74 Å². The van der Waals surface area contributed by atoms with Crippen molar-refractivity contribution >= 4 is 6.09 Å². The van der Waals surface area contributed by atoms with Crippen LogP contribution in [0.3, 0.4) is 0 Å². The molecule has 0 aromatic carbocycles. The fourth-order valence-electron chi connectivity index (χ4n) is 2.17. The first-order valence-corrected chi connectivity index (χ1v) is 6.53. The van der Waals surface area contributed by atoms with Gasteiger partial charge in [-0.15, -0.1) is 0 Å². The number of alkyl halides is 1. The summed E-state index contributed by atoms with van der Waals surface area (Å²) in [4.78, 5) is 13.3. The highest BCUT2D eigenvalue weighted by molar-refractivity contribution is 5.68. The molecule has 106 valence electrons. The van der Waals surface area contributed by atoms with Crippen LogP contribution in [0, 0.1) is 0 Å². The minimum atomic E-state index is -1.38. The molecular formula is C13H24FNO3. The number of aliphatic hydroxyl groups is 1. The summed E-state index contributed by atoms with van der Waals surface area (Å²) in [5, 5.41) is 8.77. The molecule has 0 aliphatic carbocycles. The zero-order valence-electron chi connectivity index (χ0n) is 11.5. The molecule has 1 amide bonds. The largest absolute Gasteiger partial charge is 0.444 e. The van der Waals surface area contributed by atoms with Crippen LogP contribution in [-0.4, -0.2) is 47.1 Å². The molecule has 0 radical (unpaired) electrons. The lowest BCUT2D eigenvalue weighted by Gasteiger charge is -2.38. The minimum Gasteiger partial charge on any atom is -0.444 e. The number of likely N-dealkylation sites (tertiary alicyclic amines) is 1. The minimum absolute atomic E-state index is 0.0158. The summed E-state index contributed by atoms with van der Waals surface area (Å²) >= 11 is 0. The second-order valence-corrected chi connectivity index (χ2v) is 5.98. The molecule has 18 heavy (non-hydrogen) atoms. The van der Waals surface area contributed by atoms with E-state index in [0.29, 0.717) is 32.2 Å². The van der Waals surface area contributed by atoms with Crippen LogP contribution < -0.4 is 0 Å². The Morgan fingerprint density at radius 1 is 1.50 bits per heavy atom. The van der Waals surface area contributed by atoms with E-state index in [4.69, 9.17) is 9.84 Å². The van der Waals surface area contributed by atoms with Crippen molar-refractivity contribution in [3.63, 3.8) is 0 Å². The summed E-state index contributed by atoms with van der Waals surface area (Å²) in [5.74, 6) is 0. The van der Waals surface area contributed by atoms with E-state index >= 15 is 0 Å². The predicted molar refractivity (Wildman–Crippen MR) is 67.2 cm³/mol. The maximum atomic E-state index is 14.4. The molecule has 4 nitrogen and oxygen atoms in total. The van der Waals surface area contributed by atoms with Crippen LogP contribution in [0.1, 0.15) is 46.5 Å². The van der Waals surface area contributed by atoms with Crippen molar-refractivity contribution in [2.45, 2.75) is 57.7 Å². The normalized spacial score (nSPS) is 25.1. The van der Waals surface area contributed by atoms with Gasteiger partial charge >= 0.3 is 6.09 Å². The first kappa shape index (κ1) is 15.2. The molecule has 1 atom stereocenters. The molecule has 1 rings (SSSR count). The van der Waals surface area contributed by atoms with Gasteiger partial charge in [0.05, 0.1) is 6.54 Å². The molecule has 0 spiro atoms. The third-order valence-corrected chi connectivity index (χ3v) is 2.96. The topological polar surface area (TPSA) is 49.8 Å². The third kappa shape index (κ3) is 4.80. The van der Waals surface area contributed by atoms with E-state index in [2.05, 4.69) is 0 Å². The van der Waals surface area contributed by atoms with Gasteiger partial charge in [-0.25, -0.2) is 9.18 Å². The number of aliphatic hydroxyl groups excluding tert-OH is 1. The number of carbonyl (C=O) groups is 1. The molecule has 1 fully saturated rings. The average molecular weight is 261 g/mol. The lowest BCUT2D eigenvalue weighted by Crippen LogP contribution is -2.49. The van der Waals surface area contributed by atoms with E-state index in [9.17, 15) is 9.18 Å². The molecule has 5 heteroatoms. The van der Waals surface area contributed by atoms with E-state index in [1.165, 1.54) is 4.90 Å². The van der Waals surface area contributed by atoms with Crippen molar-refractivity contribution in [1.29, 1.82) is 0 Å². The van der Waals surface area contributed by atoms with E-state index < -0.39 is 17.4 Å². The van der Waals surface area contributed by atoms with Crippen LogP contribution in [0.15, 0.2) is 0 Å². The molecule has 0 bridgehead atoms. The Morgan fingerprint density at radius 3 is 2.72 bits per heavy atom. The van der Waals surface area contributed by atoms with Crippen LogP contribution in [0.4, 0.5) is 9.18 Å². The number of nitrogens with zero attached hydrogens (tertiary/aromatic N) is 1. The van der Waals surface area contributed by atoms with Gasteiger partial charge < -0.3 is 14.7 Å². The summed E-state index contributed by atoms with van der Waals surface area (Å²) < 4.78 is 19.7. The smallest absolute Gasteiger partial charge is 0.410 e. The van der Waals surface area contributed by atoms with Gasteiger partial charge in [-0.3, -0.25) is 0 Å². The fraction of sp³-hybridized carbons (Fsp3) is 0.923. The predicted octanol–water partition coefficient (Wildman–Crippen LogP) is 2.50. The molecule has 0 aromatic rings. The Morgan fingerprint density at radius 2 is 2.17 bits per heavy atom. The van der Waals surface area contributed by atoms with E-state index in [1.54, 1.807) is 20.8 Å². The molecule has 0 unspecified atom stereocenters. The summed E-state index contributed by atoms with van der Waals surface area (Å²) in [5.41, 5.74) is -1.93. The summed E-state index contributed by atoms with van der Waals surface area (Å²) in [6, 6.07) is 0. The zero-order chi connectivity index (χ0) is 13.8. The number of piperidine rings is 1. The maximum absolute atomic E-state index is 14.4. The molecule has 0 aromatic heterocycles. The molecule has 1 heterocycles. The molecule has 0 saturated carbocycles. The van der Waals surface area contributed by atoms with Gasteiger partial charge in [0.15, 0.2) is 0 Å². The van der Waals surface area contributed by atoms with Crippen molar-refractivity contribution in [3.05, 3.63) is 0 Å². The standard InChI is InChI=1S/C13H24FNO3/c1-12(2,3)18-11(17)15-8-4-6-13(14,10-15)7-5-9-16/h16H,4-10H2,1-3H3/t13-/m1/s1. The number of rotatable bonds is 3. The number of carbonyl (C=O) groups excluding carboxylic acids is 1. The number of ether oxygens (including phenoxy) is 1. The van der Waals surface area contributed by atoms with Gasteiger partial charge in [-0.2, -0.15) is 0 Å². The van der Waals surface area contributed by atoms with Gasteiger partial charge in [-0.05, 0) is 46.5 Å². The molecule has 1 aliphatic rings. The van der Waals surface area contributed by atoms with Crippen LogP contribution in [0.2, 0.25) is 0 Å². The first-order valence-electron chi connectivity index (χ1n) is 6.53. The van der Waals surface area contributed by atoms with Gasteiger partial charge in [-0.1, -0.05) is 0 Å². The molecule has 1 saturated heterocycles. The van der Waals surface area contributed by atoms with E-state index in [1.807, 2.05) is 0 Å². The number of hydrogen-bond acceptors (Lipinski definition) is 3. The van der Waals surface area contributed by atoms with Crippen molar-refractivity contribution in [3.8, 4) is 0 Å². The Balaban J connectivity index is 2.55. The number of halogens is 1. The van der Waals surface area contributed by atoms with Gasteiger partial charge in [0.1, 0.15) is 11.3 Å². The van der Waals surface area contributed by atoms with Crippen LogP contribution >= 0.6 is 0 Å². The summed E-state index contributed by atoms with van der Waals surface area (Å²) in [7, 11) is 0. The Hall–Kier alpha value is -0.840. The lowest BCUT2D eigenvalue weighted by atomic mass is 9.90. The molecular weight excluding hydrogens is 237 g/mol. The average Bonchev–Trinajstić information content (AvgIpc) is 2.24. The monoisotopic (exact) mass is 261 g/mol. The second-order valence-electron chi connectivity index (χ2n) is 5.98. The Bertz CT molecular complexity index is 290. The van der Waals surface area contributed by atoms with Crippen LogP contribution in [0.25, 0.3) is 0 Å². The number of amides is 1. The summed E-state index contributed by atoms with van der Waals surface area (Å²) in [6.07, 6.45) is 1.36. The van der Waals surface area contributed by atoms with Crippen molar-refractivity contribution in [2.24, 2.45) is 0 Å². The maximum Gasteiger partial charge on any atom is 0.410 e. The highest BCUT2D eigenvalue weighted by Gasteiger charge is 2.38. The van der Waals surface area contributed by atoms with Gasteiger partial charge in [0.2, 0.25) is 0 Å². The fourth-order valence-corrected chi connectivity index (χ4v) is 2.17. The van der Waals surface area contributed by atoms with Crippen LogP contribution in [0.5, 0.6) is 0 Å². The zero-order valence-corrected chi connectivity index (χ0v) is 11.5. The second kappa shape index (κ2) is 5.87. The van der Waals surface area contributed by atoms with Crippen molar-refractivity contribution in [1.82, 2.24) is 4.90 Å². The highest BCUT2D eigenvalue weighted by atomic mass is 19.1. The third-order valence-electron chi connectivity index (χ3n) is 2.96. The molecule has 1 N–H and O–H groups in total. The highest BCUT2D eigenvalue weighted by Crippen LogP contribution is 2.30. The van der Waals surface area contributed by atoms with Crippen molar-refractivity contribution in [2.75, 3.05) is 19.7 Å². The lowest BCUT2D eigenvalue weighted by molar-refractivity contribution is -0.00902. The van der Waals surface area contributed by atoms with Crippen molar-refractivity contribution < 1.29 is 19.0 Å². The quantitative estimate of drug-likeness (QED) is 0.849. The van der Waals surface area contributed by atoms with E-state index in [-0.39, 0.29) is 13.2 Å². The Labute approximate surface area is 108 Å².